The third-order valence-corrected chi connectivity index (χ3v) is 8.77. The highest BCUT2D eigenvalue weighted by Gasteiger charge is 2.66. The lowest BCUT2D eigenvalue weighted by Crippen LogP contribution is -2.61. The molecule has 39 heavy (non-hydrogen) atoms. The van der Waals surface area contributed by atoms with Crippen LogP contribution in [0.15, 0.2) is 59.1 Å². The minimum absolute atomic E-state index is 0.0886. The maximum atomic E-state index is 14.2. The van der Waals surface area contributed by atoms with Gasteiger partial charge in [-0.15, -0.1) is 0 Å². The number of esters is 3. The van der Waals surface area contributed by atoms with Gasteiger partial charge in [0.25, 0.3) is 0 Å². The number of allylic oxidation sites excluding steroid dienone is 1. The summed E-state index contributed by atoms with van der Waals surface area (Å²) in [4.78, 5) is 64.8. The van der Waals surface area contributed by atoms with E-state index in [1.807, 2.05) is 13.8 Å². The van der Waals surface area contributed by atoms with Gasteiger partial charge >= 0.3 is 17.9 Å². The molecule has 1 amide bonds. The first-order chi connectivity index (χ1) is 18.5. The average molecular weight is 536 g/mol. The zero-order valence-electron chi connectivity index (χ0n) is 21.8. The lowest BCUT2D eigenvalue weighted by Gasteiger charge is -2.59. The highest BCUT2D eigenvalue weighted by molar-refractivity contribution is 6.03. The van der Waals surface area contributed by atoms with E-state index in [4.69, 9.17) is 24.4 Å². The maximum Gasteiger partial charge on any atom is 0.343 e. The molecule has 10 nitrogen and oxygen atoms in total. The molecule has 204 valence electrons. The van der Waals surface area contributed by atoms with Gasteiger partial charge in [0.05, 0.1) is 37.0 Å². The number of rotatable bonds is 5. The molecule has 2 fully saturated rings. The molecule has 3 aliphatic rings. The molecule has 2 heterocycles. The number of nitrogens with two attached hydrogens (primary N) is 1. The molecule has 6 atom stereocenters. The number of hydrogen-bond donors (Lipinski definition) is 1. The van der Waals surface area contributed by atoms with Crippen LogP contribution in [0.1, 0.15) is 65.5 Å². The Morgan fingerprint density at radius 3 is 2.33 bits per heavy atom. The third-order valence-electron chi connectivity index (χ3n) is 8.77. The van der Waals surface area contributed by atoms with Gasteiger partial charge in [0.1, 0.15) is 6.10 Å². The van der Waals surface area contributed by atoms with Crippen LogP contribution in [-0.2, 0) is 28.6 Å². The monoisotopic (exact) mass is 535 g/mol. The Balaban J connectivity index is 1.54. The van der Waals surface area contributed by atoms with Crippen molar-refractivity contribution >= 4 is 29.6 Å². The van der Waals surface area contributed by atoms with E-state index in [0.29, 0.717) is 24.8 Å². The van der Waals surface area contributed by atoms with Gasteiger partial charge in [-0.3, -0.25) is 19.2 Å². The molecular formula is C29H29NO9. The van der Waals surface area contributed by atoms with Gasteiger partial charge < -0.3 is 24.4 Å². The topological polar surface area (TPSA) is 152 Å². The van der Waals surface area contributed by atoms with Crippen molar-refractivity contribution < 1.29 is 42.6 Å². The van der Waals surface area contributed by atoms with E-state index >= 15 is 0 Å². The Morgan fingerprint density at radius 2 is 1.72 bits per heavy atom. The summed E-state index contributed by atoms with van der Waals surface area (Å²) < 4.78 is 21.6. The second-order valence-corrected chi connectivity index (χ2v) is 10.9. The van der Waals surface area contributed by atoms with Crippen LogP contribution in [0.5, 0.6) is 0 Å². The molecule has 0 spiro atoms. The molecule has 2 aliphatic carbocycles. The number of carbonyl (C=O) groups is 5. The summed E-state index contributed by atoms with van der Waals surface area (Å²) in [5, 5.41) is 0. The number of carbonyl (C=O) groups excluding carboxylic acids is 5. The van der Waals surface area contributed by atoms with E-state index in [9.17, 15) is 24.0 Å². The molecule has 1 aromatic carbocycles. The molecule has 0 bridgehead atoms. The number of amides is 1. The molecule has 0 unspecified atom stereocenters. The fourth-order valence-corrected chi connectivity index (χ4v) is 6.82. The van der Waals surface area contributed by atoms with Gasteiger partial charge in [0, 0.05) is 17.0 Å². The number of fused-ring (bicyclic) bond motifs is 3. The van der Waals surface area contributed by atoms with Crippen molar-refractivity contribution in [2.24, 2.45) is 34.3 Å². The largest absolute Gasteiger partial charge is 0.472 e. The SMILES string of the molecule is COC(=O)[C@@H]1C=C(OC(=O)c2ccc(C(N)=O)cc2)C(=O)[C@H]2[C@@]1(C)CC[C@H]1C(=O)O[C@H](c3ccoc3)C[C@]21C. The number of ketones is 1. The minimum Gasteiger partial charge on any atom is -0.472 e. The summed E-state index contributed by atoms with van der Waals surface area (Å²) >= 11 is 0. The van der Waals surface area contributed by atoms with Crippen LogP contribution < -0.4 is 5.73 Å². The lowest BCUT2D eigenvalue weighted by atomic mass is 9.44. The van der Waals surface area contributed by atoms with Crippen LogP contribution in [0.3, 0.4) is 0 Å². The van der Waals surface area contributed by atoms with Crippen molar-refractivity contribution in [3.8, 4) is 0 Å². The normalized spacial score (nSPS) is 31.7. The van der Waals surface area contributed by atoms with Crippen molar-refractivity contribution in [2.45, 2.75) is 39.2 Å². The van der Waals surface area contributed by atoms with Gasteiger partial charge in [0.15, 0.2) is 5.76 Å². The molecule has 2 N–H and O–H groups in total. The minimum atomic E-state index is -0.914. The Kier molecular flexibility index (Phi) is 6.44. The zero-order valence-corrected chi connectivity index (χ0v) is 21.8. The number of cyclic esters (lactones) is 1. The lowest BCUT2D eigenvalue weighted by molar-refractivity contribution is -0.197. The van der Waals surface area contributed by atoms with Crippen molar-refractivity contribution in [1.29, 1.82) is 0 Å². The van der Waals surface area contributed by atoms with E-state index in [1.165, 1.54) is 50.0 Å². The van der Waals surface area contributed by atoms with E-state index < -0.39 is 64.3 Å². The van der Waals surface area contributed by atoms with Crippen molar-refractivity contribution in [1.82, 2.24) is 0 Å². The number of ether oxygens (including phenoxy) is 3. The number of hydrogen-bond acceptors (Lipinski definition) is 9. The fourth-order valence-electron chi connectivity index (χ4n) is 6.82. The highest BCUT2D eigenvalue weighted by atomic mass is 16.6. The predicted molar refractivity (Wildman–Crippen MR) is 134 cm³/mol. The molecule has 1 aromatic heterocycles. The molecule has 0 radical (unpaired) electrons. The zero-order chi connectivity index (χ0) is 28.1. The summed E-state index contributed by atoms with van der Waals surface area (Å²) in [6.07, 6.45) is 4.84. The average Bonchev–Trinajstić information content (AvgIpc) is 3.44. The first kappa shape index (κ1) is 26.4. The number of benzene rings is 1. The molecule has 1 saturated heterocycles. The molecule has 2 aromatic rings. The molecular weight excluding hydrogens is 506 g/mol. The van der Waals surface area contributed by atoms with Crippen LogP contribution >= 0.6 is 0 Å². The maximum absolute atomic E-state index is 14.2. The number of furan rings is 1. The van der Waals surface area contributed by atoms with Crippen LogP contribution in [0.25, 0.3) is 0 Å². The van der Waals surface area contributed by atoms with Gasteiger partial charge in [-0.1, -0.05) is 13.8 Å². The number of Topliss-reactive ketones (excluding diaryl/α,β-unsaturated/α-hetero) is 1. The van der Waals surface area contributed by atoms with Crippen LogP contribution in [-0.4, -0.2) is 36.7 Å². The van der Waals surface area contributed by atoms with E-state index in [-0.39, 0.29) is 16.9 Å². The fraction of sp³-hybridized carbons (Fsp3) is 0.414. The Morgan fingerprint density at radius 1 is 1.03 bits per heavy atom. The van der Waals surface area contributed by atoms with Gasteiger partial charge in [-0.05, 0) is 66.5 Å². The second kappa shape index (κ2) is 9.52. The molecule has 10 heteroatoms. The van der Waals surface area contributed by atoms with Gasteiger partial charge in [-0.2, -0.15) is 0 Å². The first-order valence-corrected chi connectivity index (χ1v) is 12.7. The Hall–Kier alpha value is -4.21. The summed E-state index contributed by atoms with van der Waals surface area (Å²) in [5.41, 5.74) is 4.42. The number of primary amides is 1. The first-order valence-electron chi connectivity index (χ1n) is 12.7. The van der Waals surface area contributed by atoms with Gasteiger partial charge in [-0.25, -0.2) is 4.79 Å². The van der Waals surface area contributed by atoms with Crippen LogP contribution in [0, 0.1) is 28.6 Å². The van der Waals surface area contributed by atoms with Gasteiger partial charge in [0.2, 0.25) is 11.7 Å². The Bertz CT molecular complexity index is 1380. The highest BCUT2D eigenvalue weighted by Crippen LogP contribution is 2.64. The summed E-state index contributed by atoms with van der Waals surface area (Å²) in [5.74, 6) is -5.55. The predicted octanol–water partition coefficient (Wildman–Crippen LogP) is 3.52. The van der Waals surface area contributed by atoms with Crippen LogP contribution in [0.4, 0.5) is 0 Å². The smallest absolute Gasteiger partial charge is 0.343 e. The molecule has 1 aliphatic heterocycles. The van der Waals surface area contributed by atoms with E-state index in [1.54, 1.807) is 6.07 Å². The summed E-state index contributed by atoms with van der Waals surface area (Å²) in [6.45, 7) is 3.72. The number of methoxy groups -OCH3 is 1. The van der Waals surface area contributed by atoms with Crippen molar-refractivity contribution in [3.05, 3.63) is 71.4 Å². The van der Waals surface area contributed by atoms with Crippen molar-refractivity contribution in [3.63, 3.8) is 0 Å². The second-order valence-electron chi connectivity index (χ2n) is 10.9. The third kappa shape index (κ3) is 4.24. The molecule has 1 saturated carbocycles. The van der Waals surface area contributed by atoms with E-state index in [2.05, 4.69) is 0 Å². The molecule has 5 rings (SSSR count). The Labute approximate surface area is 224 Å². The summed E-state index contributed by atoms with van der Waals surface area (Å²) in [6, 6.07) is 7.19. The van der Waals surface area contributed by atoms with Crippen LogP contribution in [0.2, 0.25) is 0 Å². The quantitative estimate of drug-likeness (QED) is 0.448. The van der Waals surface area contributed by atoms with Crippen molar-refractivity contribution in [2.75, 3.05) is 7.11 Å². The standard InChI is InChI=1S/C29H29NO9/c1-28-10-8-18-27(35)39-21(17-9-11-37-14-17)13-29(18,2)23(28)22(31)20(12-19(28)26(34)36-3)38-25(33)16-6-4-15(5-7-16)24(30)32/h4-7,9,11-12,14,18-19,21,23H,8,10,13H2,1-3H3,(H2,30,32)/t18-,19-,21-,23-,28-,29-/m0/s1. The summed E-state index contributed by atoms with van der Waals surface area (Å²) in [7, 11) is 1.26. The van der Waals surface area contributed by atoms with E-state index in [0.717, 1.165) is 0 Å².